The molecule has 0 saturated carbocycles. The number of nitrogens with one attached hydrogen (secondary N) is 1. The number of carbonyl (C=O) groups is 1. The second-order valence-corrected chi connectivity index (χ2v) is 7.79. The average Bonchev–Trinajstić information content (AvgIpc) is 2.55. The largest absolute Gasteiger partial charge is 0.487 e. The van der Waals surface area contributed by atoms with Crippen molar-refractivity contribution in [1.82, 2.24) is 5.32 Å². The normalized spacial score (nSPS) is 18.1. The van der Waals surface area contributed by atoms with Crippen LogP contribution < -0.4 is 10.1 Å². The van der Waals surface area contributed by atoms with Crippen LogP contribution in [-0.2, 0) is 10.5 Å². The van der Waals surface area contributed by atoms with Crippen LogP contribution in [0.3, 0.4) is 0 Å². The van der Waals surface area contributed by atoms with Crippen molar-refractivity contribution >= 4 is 17.7 Å². The summed E-state index contributed by atoms with van der Waals surface area (Å²) in [5.74, 6) is 1.34. The number of thioether (sulfide) groups is 1. The Morgan fingerprint density at radius 3 is 2.76 bits per heavy atom. The highest BCUT2D eigenvalue weighted by Crippen LogP contribution is 2.39. The van der Waals surface area contributed by atoms with Crippen molar-refractivity contribution in [3.05, 3.63) is 65.5 Å². The van der Waals surface area contributed by atoms with E-state index in [0.717, 1.165) is 11.3 Å². The van der Waals surface area contributed by atoms with E-state index in [1.165, 1.54) is 17.8 Å². The first-order valence-electron chi connectivity index (χ1n) is 8.33. The van der Waals surface area contributed by atoms with Crippen LogP contribution in [0.1, 0.15) is 37.4 Å². The Bertz CT molecular complexity index is 763. The molecule has 1 N–H and O–H groups in total. The molecule has 1 aliphatic rings. The number of halogens is 1. The molecule has 2 aromatic rings. The summed E-state index contributed by atoms with van der Waals surface area (Å²) in [4.78, 5) is 12.3. The molecule has 1 amide bonds. The van der Waals surface area contributed by atoms with Gasteiger partial charge in [0.2, 0.25) is 5.91 Å². The van der Waals surface area contributed by atoms with Gasteiger partial charge in [-0.2, -0.15) is 0 Å². The number of benzene rings is 2. The van der Waals surface area contributed by atoms with Crippen LogP contribution in [0.2, 0.25) is 0 Å². The summed E-state index contributed by atoms with van der Waals surface area (Å²) in [6.07, 6.45) is 0.716. The number of carbonyl (C=O) groups excluding carboxylic acids is 1. The van der Waals surface area contributed by atoms with Gasteiger partial charge in [-0.3, -0.25) is 4.79 Å². The van der Waals surface area contributed by atoms with Gasteiger partial charge >= 0.3 is 0 Å². The Balaban J connectivity index is 1.58. The monoisotopic (exact) mass is 359 g/mol. The summed E-state index contributed by atoms with van der Waals surface area (Å²) in [5.41, 5.74) is 1.30. The molecule has 25 heavy (non-hydrogen) atoms. The molecule has 0 radical (unpaired) electrons. The van der Waals surface area contributed by atoms with Crippen LogP contribution in [0.15, 0.2) is 48.5 Å². The number of para-hydroxylation sites is 1. The second-order valence-electron chi connectivity index (χ2n) is 6.81. The lowest BCUT2D eigenvalue weighted by Crippen LogP contribution is -2.41. The SMILES string of the molecule is CC1(C)C[C@@H](NC(=O)CSCc2ccccc2F)c2ccccc2O1. The maximum absolute atomic E-state index is 13.6. The molecule has 132 valence electrons. The van der Waals surface area contributed by atoms with Crippen molar-refractivity contribution in [2.75, 3.05) is 5.75 Å². The third kappa shape index (κ3) is 4.54. The van der Waals surface area contributed by atoms with Crippen LogP contribution >= 0.6 is 11.8 Å². The minimum atomic E-state index is -0.327. The van der Waals surface area contributed by atoms with Gasteiger partial charge in [0.25, 0.3) is 0 Å². The topological polar surface area (TPSA) is 38.3 Å². The average molecular weight is 359 g/mol. The molecule has 0 saturated heterocycles. The van der Waals surface area contributed by atoms with Crippen LogP contribution in [0, 0.1) is 5.82 Å². The number of hydrogen-bond donors (Lipinski definition) is 1. The first-order valence-corrected chi connectivity index (χ1v) is 9.48. The lowest BCUT2D eigenvalue weighted by molar-refractivity contribution is -0.119. The molecule has 0 fully saturated rings. The Kier molecular flexibility index (Phi) is 5.33. The van der Waals surface area contributed by atoms with Crippen molar-refractivity contribution in [3.8, 4) is 5.75 Å². The van der Waals surface area contributed by atoms with Crippen molar-refractivity contribution < 1.29 is 13.9 Å². The quantitative estimate of drug-likeness (QED) is 0.855. The van der Waals surface area contributed by atoms with E-state index in [-0.39, 0.29) is 23.4 Å². The van der Waals surface area contributed by atoms with E-state index in [0.29, 0.717) is 23.5 Å². The Morgan fingerprint density at radius 2 is 1.96 bits per heavy atom. The zero-order valence-corrected chi connectivity index (χ0v) is 15.2. The Morgan fingerprint density at radius 1 is 1.24 bits per heavy atom. The van der Waals surface area contributed by atoms with Gasteiger partial charge in [0.15, 0.2) is 0 Å². The predicted octanol–water partition coefficient (Wildman–Crippen LogP) is 4.48. The lowest BCUT2D eigenvalue weighted by atomic mass is 9.90. The smallest absolute Gasteiger partial charge is 0.230 e. The Labute approximate surface area is 152 Å². The highest BCUT2D eigenvalue weighted by Gasteiger charge is 2.34. The van der Waals surface area contributed by atoms with Crippen molar-refractivity contribution in [3.63, 3.8) is 0 Å². The van der Waals surface area contributed by atoms with Crippen LogP contribution in [0.5, 0.6) is 5.75 Å². The summed E-state index contributed by atoms with van der Waals surface area (Å²) in [7, 11) is 0. The summed E-state index contributed by atoms with van der Waals surface area (Å²) >= 11 is 1.42. The third-order valence-electron chi connectivity index (χ3n) is 4.16. The van der Waals surface area contributed by atoms with Gasteiger partial charge in [0, 0.05) is 17.7 Å². The Hall–Kier alpha value is -2.01. The van der Waals surface area contributed by atoms with Crippen LogP contribution in [0.25, 0.3) is 0 Å². The van der Waals surface area contributed by atoms with Gasteiger partial charge in [-0.25, -0.2) is 4.39 Å². The molecule has 2 aromatic carbocycles. The van der Waals surface area contributed by atoms with Gasteiger partial charge in [-0.1, -0.05) is 36.4 Å². The first-order chi connectivity index (χ1) is 11.9. The van der Waals surface area contributed by atoms with E-state index >= 15 is 0 Å². The summed E-state index contributed by atoms with van der Waals surface area (Å²) in [6, 6.07) is 14.4. The molecule has 5 heteroatoms. The van der Waals surface area contributed by atoms with E-state index < -0.39 is 0 Å². The second kappa shape index (κ2) is 7.48. The standard InChI is InChI=1S/C20H22FNO2S/c1-20(2)11-17(15-8-4-6-10-18(15)24-20)22-19(23)13-25-12-14-7-3-5-9-16(14)21/h3-10,17H,11-13H2,1-2H3,(H,22,23)/t17-/m1/s1. The lowest BCUT2D eigenvalue weighted by Gasteiger charge is -2.37. The fraction of sp³-hybridized carbons (Fsp3) is 0.350. The van der Waals surface area contributed by atoms with Gasteiger partial charge in [-0.15, -0.1) is 11.8 Å². The van der Waals surface area contributed by atoms with E-state index in [4.69, 9.17) is 4.74 Å². The van der Waals surface area contributed by atoms with E-state index in [9.17, 15) is 9.18 Å². The number of amides is 1. The molecule has 0 unspecified atom stereocenters. The minimum Gasteiger partial charge on any atom is -0.487 e. The molecule has 3 nitrogen and oxygen atoms in total. The number of ether oxygens (including phenoxy) is 1. The molecule has 0 bridgehead atoms. The molecule has 0 spiro atoms. The first kappa shape index (κ1) is 17.8. The van der Waals surface area contributed by atoms with Crippen molar-refractivity contribution in [1.29, 1.82) is 0 Å². The van der Waals surface area contributed by atoms with Crippen molar-refractivity contribution in [2.24, 2.45) is 0 Å². The molecular formula is C20H22FNO2S. The van der Waals surface area contributed by atoms with Gasteiger partial charge in [0.05, 0.1) is 11.8 Å². The maximum atomic E-state index is 13.6. The molecule has 1 heterocycles. The number of fused-ring (bicyclic) bond motifs is 1. The van der Waals surface area contributed by atoms with Gasteiger partial charge in [-0.05, 0) is 31.5 Å². The maximum Gasteiger partial charge on any atom is 0.230 e. The molecule has 1 aliphatic heterocycles. The molecule has 1 atom stereocenters. The zero-order valence-electron chi connectivity index (χ0n) is 14.4. The predicted molar refractivity (Wildman–Crippen MR) is 99.2 cm³/mol. The summed E-state index contributed by atoms with van der Waals surface area (Å²) in [6.45, 7) is 4.05. The van der Waals surface area contributed by atoms with Gasteiger partial charge in [0.1, 0.15) is 17.2 Å². The van der Waals surface area contributed by atoms with E-state index in [1.807, 2.05) is 38.1 Å². The van der Waals surface area contributed by atoms with Crippen LogP contribution in [0.4, 0.5) is 4.39 Å². The third-order valence-corrected chi connectivity index (χ3v) is 5.14. The fourth-order valence-electron chi connectivity index (χ4n) is 3.04. The highest BCUT2D eigenvalue weighted by molar-refractivity contribution is 7.99. The highest BCUT2D eigenvalue weighted by atomic mass is 32.2. The van der Waals surface area contributed by atoms with Crippen LogP contribution in [-0.4, -0.2) is 17.3 Å². The minimum absolute atomic E-state index is 0.0427. The molecule has 3 rings (SSSR count). The van der Waals surface area contributed by atoms with E-state index in [1.54, 1.807) is 18.2 Å². The molecule has 0 aliphatic carbocycles. The van der Waals surface area contributed by atoms with Crippen molar-refractivity contribution in [2.45, 2.75) is 37.7 Å². The number of rotatable bonds is 5. The summed E-state index contributed by atoms with van der Waals surface area (Å²) in [5, 5.41) is 3.10. The zero-order chi connectivity index (χ0) is 17.9. The molecule has 0 aromatic heterocycles. The summed E-state index contributed by atoms with van der Waals surface area (Å²) < 4.78 is 19.6. The fourth-order valence-corrected chi connectivity index (χ4v) is 3.86. The number of hydrogen-bond acceptors (Lipinski definition) is 3. The van der Waals surface area contributed by atoms with E-state index in [2.05, 4.69) is 5.32 Å². The van der Waals surface area contributed by atoms with Gasteiger partial charge < -0.3 is 10.1 Å². The molecular weight excluding hydrogens is 337 g/mol.